The van der Waals surface area contributed by atoms with Crippen molar-refractivity contribution in [2.75, 3.05) is 32.8 Å². The molecule has 1 unspecified atom stereocenters. The van der Waals surface area contributed by atoms with Crippen LogP contribution in [0.5, 0.6) is 0 Å². The fourth-order valence-corrected chi connectivity index (χ4v) is 2.50. The van der Waals surface area contributed by atoms with Gasteiger partial charge in [-0.15, -0.1) is 0 Å². The van der Waals surface area contributed by atoms with Gasteiger partial charge in [0.05, 0.1) is 12.7 Å². The van der Waals surface area contributed by atoms with Gasteiger partial charge in [0.25, 0.3) is 0 Å². The van der Waals surface area contributed by atoms with Crippen molar-refractivity contribution < 1.29 is 4.74 Å². The van der Waals surface area contributed by atoms with E-state index in [-0.39, 0.29) is 0 Å². The highest BCUT2D eigenvalue weighted by Gasteiger charge is 2.19. The molecular weight excluding hydrogens is 212 g/mol. The number of morpholine rings is 1. The van der Waals surface area contributed by atoms with Gasteiger partial charge in [-0.25, -0.2) is 0 Å². The lowest BCUT2D eigenvalue weighted by molar-refractivity contribution is -0.0186. The van der Waals surface area contributed by atoms with Crippen LogP contribution >= 0.6 is 0 Å². The first-order chi connectivity index (χ1) is 8.34. The average Bonchev–Trinajstić information content (AvgIpc) is 3.12. The monoisotopic (exact) mass is 240 g/mol. The molecule has 1 saturated heterocycles. The molecule has 3 heteroatoms. The number of ether oxygens (including phenoxy) is 1. The van der Waals surface area contributed by atoms with E-state index in [0.29, 0.717) is 6.10 Å². The van der Waals surface area contributed by atoms with Gasteiger partial charge in [0.15, 0.2) is 0 Å². The maximum atomic E-state index is 5.55. The topological polar surface area (TPSA) is 24.5 Å². The molecule has 0 aromatic rings. The summed E-state index contributed by atoms with van der Waals surface area (Å²) in [5.74, 6) is 0. The van der Waals surface area contributed by atoms with Gasteiger partial charge in [-0.2, -0.15) is 0 Å². The number of hydrogen-bond donors (Lipinski definition) is 1. The van der Waals surface area contributed by atoms with E-state index in [1.54, 1.807) is 0 Å². The first-order valence-electron chi connectivity index (χ1n) is 7.42. The highest BCUT2D eigenvalue weighted by Crippen LogP contribution is 2.18. The summed E-state index contributed by atoms with van der Waals surface area (Å²) in [4.78, 5) is 2.55. The third kappa shape index (κ3) is 5.84. The van der Waals surface area contributed by atoms with Crippen molar-refractivity contribution in [1.29, 1.82) is 0 Å². The van der Waals surface area contributed by atoms with Crippen LogP contribution in [0.2, 0.25) is 0 Å². The summed E-state index contributed by atoms with van der Waals surface area (Å²) in [5.41, 5.74) is 0. The molecule has 1 N–H and O–H groups in total. The van der Waals surface area contributed by atoms with Crippen molar-refractivity contribution in [1.82, 2.24) is 10.2 Å². The lowest BCUT2D eigenvalue weighted by Crippen LogP contribution is -2.41. The van der Waals surface area contributed by atoms with Gasteiger partial charge in [0, 0.05) is 19.1 Å². The Labute approximate surface area is 106 Å². The Hall–Kier alpha value is -0.120. The molecule has 1 aliphatic carbocycles. The molecule has 100 valence electrons. The lowest BCUT2D eigenvalue weighted by atomic mass is 10.1. The second kappa shape index (κ2) is 7.34. The van der Waals surface area contributed by atoms with E-state index >= 15 is 0 Å². The zero-order valence-corrected chi connectivity index (χ0v) is 11.3. The van der Waals surface area contributed by atoms with Crippen molar-refractivity contribution in [2.45, 2.75) is 57.6 Å². The Bertz CT molecular complexity index is 206. The van der Waals surface area contributed by atoms with E-state index in [2.05, 4.69) is 17.1 Å². The second-order valence-electron chi connectivity index (χ2n) is 5.62. The molecule has 0 bridgehead atoms. The van der Waals surface area contributed by atoms with Gasteiger partial charge in [-0.05, 0) is 45.7 Å². The van der Waals surface area contributed by atoms with Crippen molar-refractivity contribution in [3.05, 3.63) is 0 Å². The standard InChI is InChI=1S/C14H28N2O/c1-13-12-16(10-11-17-13)9-5-3-2-4-8-15-14-6-7-14/h13-15H,2-12H2,1H3. The maximum Gasteiger partial charge on any atom is 0.0674 e. The molecule has 0 aromatic carbocycles. The number of nitrogens with one attached hydrogen (secondary N) is 1. The SMILES string of the molecule is CC1CN(CCCCCCNC2CC2)CCO1. The minimum atomic E-state index is 0.437. The smallest absolute Gasteiger partial charge is 0.0674 e. The van der Waals surface area contributed by atoms with Crippen LogP contribution in [0, 0.1) is 0 Å². The molecule has 2 aliphatic rings. The molecule has 1 heterocycles. The van der Waals surface area contributed by atoms with Crippen LogP contribution < -0.4 is 5.32 Å². The summed E-state index contributed by atoms with van der Waals surface area (Å²) in [6.45, 7) is 7.86. The molecule has 1 saturated carbocycles. The van der Waals surface area contributed by atoms with Crippen LogP contribution in [-0.4, -0.2) is 49.8 Å². The fourth-order valence-electron chi connectivity index (χ4n) is 2.50. The van der Waals surface area contributed by atoms with E-state index < -0.39 is 0 Å². The highest BCUT2D eigenvalue weighted by atomic mass is 16.5. The largest absolute Gasteiger partial charge is 0.376 e. The summed E-state index contributed by atoms with van der Waals surface area (Å²) in [6.07, 6.45) is 8.75. The van der Waals surface area contributed by atoms with Crippen LogP contribution in [0.15, 0.2) is 0 Å². The van der Waals surface area contributed by atoms with Crippen LogP contribution in [-0.2, 0) is 4.74 Å². The van der Waals surface area contributed by atoms with Crippen LogP contribution in [0.1, 0.15) is 45.4 Å². The van der Waals surface area contributed by atoms with Crippen LogP contribution in [0.25, 0.3) is 0 Å². The van der Waals surface area contributed by atoms with Crippen LogP contribution in [0.3, 0.4) is 0 Å². The highest BCUT2D eigenvalue weighted by molar-refractivity contribution is 4.80. The maximum absolute atomic E-state index is 5.55. The normalized spacial score (nSPS) is 26.3. The second-order valence-corrected chi connectivity index (χ2v) is 5.62. The van der Waals surface area contributed by atoms with E-state index in [4.69, 9.17) is 4.74 Å². The van der Waals surface area contributed by atoms with E-state index in [9.17, 15) is 0 Å². The summed E-state index contributed by atoms with van der Waals surface area (Å²) in [7, 11) is 0. The zero-order chi connectivity index (χ0) is 11.9. The van der Waals surface area contributed by atoms with Gasteiger partial charge < -0.3 is 10.1 Å². The molecule has 2 rings (SSSR count). The van der Waals surface area contributed by atoms with Crippen LogP contribution in [0.4, 0.5) is 0 Å². The predicted octanol–water partition coefficient (Wildman–Crippen LogP) is 2.02. The summed E-state index contributed by atoms with van der Waals surface area (Å²) in [5, 5.41) is 3.58. The molecule has 1 atom stereocenters. The van der Waals surface area contributed by atoms with Gasteiger partial charge in [-0.1, -0.05) is 12.8 Å². The predicted molar refractivity (Wildman–Crippen MR) is 71.3 cm³/mol. The molecule has 17 heavy (non-hydrogen) atoms. The molecular formula is C14H28N2O. The van der Waals surface area contributed by atoms with Crippen molar-refractivity contribution in [3.8, 4) is 0 Å². The minimum absolute atomic E-state index is 0.437. The molecule has 0 aromatic heterocycles. The van der Waals surface area contributed by atoms with Crippen molar-refractivity contribution in [2.24, 2.45) is 0 Å². The number of nitrogens with zero attached hydrogens (tertiary/aromatic N) is 1. The minimum Gasteiger partial charge on any atom is -0.376 e. The molecule has 2 fully saturated rings. The number of unbranched alkanes of at least 4 members (excludes halogenated alkanes) is 3. The first kappa shape index (κ1) is 13.3. The Morgan fingerprint density at radius 3 is 2.76 bits per heavy atom. The van der Waals surface area contributed by atoms with E-state index in [0.717, 1.165) is 25.7 Å². The Morgan fingerprint density at radius 2 is 2.00 bits per heavy atom. The number of rotatable bonds is 8. The van der Waals surface area contributed by atoms with Gasteiger partial charge in [0.1, 0.15) is 0 Å². The molecule has 0 radical (unpaired) electrons. The summed E-state index contributed by atoms with van der Waals surface area (Å²) < 4.78 is 5.55. The third-order valence-corrected chi connectivity index (χ3v) is 3.74. The number of hydrogen-bond acceptors (Lipinski definition) is 3. The van der Waals surface area contributed by atoms with Gasteiger partial charge in [0.2, 0.25) is 0 Å². The van der Waals surface area contributed by atoms with E-state index in [1.807, 2.05) is 0 Å². The summed E-state index contributed by atoms with van der Waals surface area (Å²) >= 11 is 0. The first-order valence-corrected chi connectivity index (χ1v) is 7.42. The van der Waals surface area contributed by atoms with E-state index in [1.165, 1.54) is 51.6 Å². The van der Waals surface area contributed by atoms with Gasteiger partial charge in [-0.3, -0.25) is 4.90 Å². The van der Waals surface area contributed by atoms with Gasteiger partial charge >= 0.3 is 0 Å². The summed E-state index contributed by atoms with van der Waals surface area (Å²) in [6, 6.07) is 0.879. The van der Waals surface area contributed by atoms with Crippen molar-refractivity contribution >= 4 is 0 Å². The molecule has 0 amide bonds. The molecule has 1 aliphatic heterocycles. The Kier molecular flexibility index (Phi) is 5.75. The quantitative estimate of drug-likeness (QED) is 0.657. The fraction of sp³-hybridized carbons (Fsp3) is 1.00. The Balaban J connectivity index is 1.37. The average molecular weight is 240 g/mol. The zero-order valence-electron chi connectivity index (χ0n) is 11.3. The molecule has 0 spiro atoms. The van der Waals surface area contributed by atoms with Crippen molar-refractivity contribution in [3.63, 3.8) is 0 Å². The Morgan fingerprint density at radius 1 is 1.18 bits per heavy atom. The third-order valence-electron chi connectivity index (χ3n) is 3.74. The molecule has 3 nitrogen and oxygen atoms in total. The lowest BCUT2D eigenvalue weighted by Gasteiger charge is -2.30.